The average molecular weight is 263 g/mol. The fourth-order valence-corrected chi connectivity index (χ4v) is 3.08. The quantitative estimate of drug-likeness (QED) is 0.694. The molecule has 1 aliphatic heterocycles. The number of ether oxygens (including phenoxy) is 1. The van der Waals surface area contributed by atoms with Gasteiger partial charge in [0.25, 0.3) is 0 Å². The molecule has 2 aliphatic rings. The van der Waals surface area contributed by atoms with Crippen LogP contribution in [0.3, 0.4) is 0 Å². The number of hydrogen-bond acceptors (Lipinski definition) is 1. The molecule has 0 aromatic heterocycles. The summed E-state index contributed by atoms with van der Waals surface area (Å²) < 4.78 is 6.87. The van der Waals surface area contributed by atoms with Gasteiger partial charge in [0, 0.05) is 17.3 Å². The molecule has 76 valence electrons. The highest BCUT2D eigenvalue weighted by Crippen LogP contribution is 2.40. The summed E-state index contributed by atoms with van der Waals surface area (Å²) in [5.74, 6) is 0. The Morgan fingerprint density at radius 1 is 1.27 bits per heavy atom. The normalized spacial score (nSPS) is 27.4. The highest BCUT2D eigenvalue weighted by Gasteiger charge is 2.35. The zero-order chi connectivity index (χ0) is 10.3. The van der Waals surface area contributed by atoms with E-state index in [4.69, 9.17) is 4.74 Å². The van der Waals surface area contributed by atoms with E-state index in [1.807, 2.05) is 6.26 Å². The molecule has 0 saturated heterocycles. The van der Waals surface area contributed by atoms with Crippen molar-refractivity contribution in [3.63, 3.8) is 0 Å². The molecule has 0 unspecified atom stereocenters. The zero-order valence-corrected chi connectivity index (χ0v) is 9.83. The first-order valence-corrected chi connectivity index (χ1v) is 5.88. The van der Waals surface area contributed by atoms with Crippen LogP contribution in [0.2, 0.25) is 0 Å². The van der Waals surface area contributed by atoms with Crippen LogP contribution < -0.4 is 0 Å². The molecule has 2 heteroatoms. The van der Waals surface area contributed by atoms with Gasteiger partial charge in [-0.05, 0) is 23.3 Å². The summed E-state index contributed by atoms with van der Waals surface area (Å²) in [5.41, 5.74) is 2.52. The maximum atomic E-state index is 5.72. The molecule has 0 radical (unpaired) electrons. The van der Waals surface area contributed by atoms with Crippen molar-refractivity contribution < 1.29 is 4.74 Å². The highest BCUT2D eigenvalue weighted by molar-refractivity contribution is 9.15. The Hall–Kier alpha value is -1.02. The lowest BCUT2D eigenvalue weighted by molar-refractivity contribution is 0.0924. The van der Waals surface area contributed by atoms with Crippen molar-refractivity contribution in [1.29, 1.82) is 0 Å². The molecule has 1 aromatic carbocycles. The molecule has 1 aromatic rings. The van der Waals surface area contributed by atoms with Crippen LogP contribution >= 0.6 is 15.9 Å². The molecule has 0 amide bonds. The van der Waals surface area contributed by atoms with Gasteiger partial charge in [-0.15, -0.1) is 0 Å². The fraction of sp³-hybridized carbons (Fsp3) is 0.231. The molecule has 15 heavy (non-hydrogen) atoms. The van der Waals surface area contributed by atoms with Gasteiger partial charge in [-0.2, -0.15) is 0 Å². The van der Waals surface area contributed by atoms with Crippen LogP contribution in [-0.2, 0) is 11.2 Å². The van der Waals surface area contributed by atoms with Gasteiger partial charge in [-0.25, -0.2) is 0 Å². The Morgan fingerprint density at radius 3 is 2.93 bits per heavy atom. The van der Waals surface area contributed by atoms with Gasteiger partial charge in [0.2, 0.25) is 0 Å². The van der Waals surface area contributed by atoms with Crippen LogP contribution in [0.15, 0.2) is 42.7 Å². The lowest BCUT2D eigenvalue weighted by Gasteiger charge is -2.30. The van der Waals surface area contributed by atoms with E-state index in [1.54, 1.807) is 0 Å². The van der Waals surface area contributed by atoms with E-state index in [1.165, 1.54) is 11.1 Å². The van der Waals surface area contributed by atoms with Crippen LogP contribution in [0.4, 0.5) is 0 Å². The molecule has 0 bridgehead atoms. The smallest absolute Gasteiger partial charge is 0.135 e. The predicted molar refractivity (Wildman–Crippen MR) is 64.6 cm³/mol. The molecule has 0 N–H and O–H groups in total. The van der Waals surface area contributed by atoms with Crippen LogP contribution in [0.25, 0.3) is 4.48 Å². The fourth-order valence-electron chi connectivity index (χ4n) is 2.28. The molecular formula is C13H11BrO. The van der Waals surface area contributed by atoms with E-state index in [0.717, 1.165) is 17.3 Å². The number of fused-ring (bicyclic) bond motifs is 1. The maximum absolute atomic E-state index is 5.72. The molecule has 0 fully saturated rings. The first kappa shape index (κ1) is 9.22. The molecule has 1 atom stereocenters. The Morgan fingerprint density at radius 2 is 2.13 bits per heavy atom. The molecule has 0 saturated carbocycles. The molecule has 1 aliphatic carbocycles. The third kappa shape index (κ3) is 1.44. The second kappa shape index (κ2) is 3.24. The van der Waals surface area contributed by atoms with E-state index in [9.17, 15) is 0 Å². The first-order valence-electron chi connectivity index (χ1n) is 5.09. The lowest BCUT2D eigenvalue weighted by atomic mass is 9.84. The van der Waals surface area contributed by atoms with Gasteiger partial charge < -0.3 is 4.74 Å². The van der Waals surface area contributed by atoms with E-state index < -0.39 is 0 Å². The van der Waals surface area contributed by atoms with Crippen LogP contribution in [0, 0.1) is 0 Å². The Bertz CT molecular complexity index is 451. The van der Waals surface area contributed by atoms with Gasteiger partial charge in [0.1, 0.15) is 5.60 Å². The number of benzene rings is 1. The Balaban J connectivity index is 2.08. The second-order valence-corrected chi connectivity index (χ2v) is 4.94. The minimum atomic E-state index is -0.132. The summed E-state index contributed by atoms with van der Waals surface area (Å²) in [4.78, 5) is 0. The monoisotopic (exact) mass is 262 g/mol. The molecular weight excluding hydrogens is 252 g/mol. The Labute approximate surface area is 97.6 Å². The summed E-state index contributed by atoms with van der Waals surface area (Å²) in [6.45, 7) is 0. The van der Waals surface area contributed by atoms with Crippen molar-refractivity contribution in [1.82, 2.24) is 0 Å². The third-order valence-electron chi connectivity index (χ3n) is 3.02. The van der Waals surface area contributed by atoms with Gasteiger partial charge in [-0.3, -0.25) is 0 Å². The summed E-state index contributed by atoms with van der Waals surface area (Å²) in [6, 6.07) is 8.47. The van der Waals surface area contributed by atoms with Gasteiger partial charge >= 0.3 is 0 Å². The van der Waals surface area contributed by atoms with Gasteiger partial charge in [0.05, 0.1) is 6.26 Å². The van der Waals surface area contributed by atoms with Crippen molar-refractivity contribution in [3.8, 4) is 0 Å². The minimum Gasteiger partial charge on any atom is -0.490 e. The summed E-state index contributed by atoms with van der Waals surface area (Å²) >= 11 is 3.63. The van der Waals surface area contributed by atoms with Gasteiger partial charge in [0.15, 0.2) is 0 Å². The SMILES string of the molecule is BrC1=C[C@@]2(CC=CO2)Cc2ccccc21. The summed E-state index contributed by atoms with van der Waals surface area (Å²) in [5, 5.41) is 0. The molecule has 1 heterocycles. The van der Waals surface area contributed by atoms with E-state index in [2.05, 4.69) is 52.3 Å². The van der Waals surface area contributed by atoms with Crippen LogP contribution in [0.1, 0.15) is 17.5 Å². The number of halogens is 1. The van der Waals surface area contributed by atoms with Crippen LogP contribution in [0.5, 0.6) is 0 Å². The lowest BCUT2D eigenvalue weighted by Crippen LogP contribution is -2.30. The zero-order valence-electron chi connectivity index (χ0n) is 8.24. The largest absolute Gasteiger partial charge is 0.490 e. The number of hydrogen-bond donors (Lipinski definition) is 0. The van der Waals surface area contributed by atoms with Crippen LogP contribution in [-0.4, -0.2) is 5.60 Å². The molecule has 1 nitrogen and oxygen atoms in total. The maximum Gasteiger partial charge on any atom is 0.135 e. The van der Waals surface area contributed by atoms with E-state index >= 15 is 0 Å². The van der Waals surface area contributed by atoms with Crippen molar-refractivity contribution in [2.45, 2.75) is 18.4 Å². The predicted octanol–water partition coefficient (Wildman–Crippen LogP) is 3.65. The van der Waals surface area contributed by atoms with Crippen molar-refractivity contribution in [2.24, 2.45) is 0 Å². The second-order valence-electron chi connectivity index (χ2n) is 4.08. The van der Waals surface area contributed by atoms with Crippen molar-refractivity contribution in [2.75, 3.05) is 0 Å². The average Bonchev–Trinajstić information content (AvgIpc) is 2.66. The number of rotatable bonds is 0. The minimum absolute atomic E-state index is 0.132. The molecule has 1 spiro atoms. The van der Waals surface area contributed by atoms with Gasteiger partial charge in [-0.1, -0.05) is 40.2 Å². The van der Waals surface area contributed by atoms with E-state index in [-0.39, 0.29) is 5.60 Å². The third-order valence-corrected chi connectivity index (χ3v) is 3.67. The summed E-state index contributed by atoms with van der Waals surface area (Å²) in [6.07, 6.45) is 8.02. The molecule has 3 rings (SSSR count). The summed E-state index contributed by atoms with van der Waals surface area (Å²) in [7, 11) is 0. The topological polar surface area (TPSA) is 9.23 Å². The standard InChI is InChI=1S/C13H11BrO/c14-12-9-13(6-3-7-15-13)8-10-4-1-2-5-11(10)12/h1-5,7,9H,6,8H2/t13-/m1/s1. The first-order chi connectivity index (χ1) is 7.29. The van der Waals surface area contributed by atoms with Crippen molar-refractivity contribution in [3.05, 3.63) is 53.8 Å². The van der Waals surface area contributed by atoms with Crippen molar-refractivity contribution >= 4 is 20.4 Å². The Kier molecular flexibility index (Phi) is 1.99. The van der Waals surface area contributed by atoms with E-state index in [0.29, 0.717) is 0 Å². The highest BCUT2D eigenvalue weighted by atomic mass is 79.9.